The number of nitrogen functional groups attached to an aromatic ring is 1. The van der Waals surface area contributed by atoms with Gasteiger partial charge in [0.15, 0.2) is 5.65 Å². The zero-order valence-corrected chi connectivity index (χ0v) is 13.3. The molecule has 5 nitrogen and oxygen atoms in total. The largest absolute Gasteiger partial charge is 0.369 e. The molecule has 0 spiro atoms. The molecule has 6 heteroatoms. The van der Waals surface area contributed by atoms with E-state index in [1.165, 1.54) is 4.90 Å². The summed E-state index contributed by atoms with van der Waals surface area (Å²) in [5.74, 6) is 0.507. The van der Waals surface area contributed by atoms with Crippen LogP contribution in [0, 0.1) is 0 Å². The molecule has 0 unspecified atom stereocenters. The lowest BCUT2D eigenvalue weighted by molar-refractivity contribution is 0.737. The Kier molecular flexibility index (Phi) is 3.63. The third kappa shape index (κ3) is 2.29. The summed E-state index contributed by atoms with van der Waals surface area (Å²) in [5.41, 5.74) is 10.0. The number of rotatable bonds is 4. The van der Waals surface area contributed by atoms with Crippen LogP contribution in [0.1, 0.15) is 19.0 Å². The van der Waals surface area contributed by atoms with Gasteiger partial charge in [-0.2, -0.15) is 5.10 Å². The van der Waals surface area contributed by atoms with E-state index in [0.29, 0.717) is 5.95 Å². The Hall–Kier alpha value is -1.95. The molecule has 0 saturated carbocycles. The van der Waals surface area contributed by atoms with Crippen LogP contribution in [0.25, 0.3) is 16.9 Å². The maximum Gasteiger partial charge on any atom is 0.207 e. The Morgan fingerprint density at radius 2 is 1.95 bits per heavy atom. The van der Waals surface area contributed by atoms with Gasteiger partial charge in [0.05, 0.1) is 11.4 Å². The molecule has 0 aliphatic heterocycles. The Bertz CT molecular complexity index is 770. The van der Waals surface area contributed by atoms with Crippen LogP contribution in [-0.2, 0) is 13.5 Å². The number of aryl methyl sites for hydroxylation is 2. The average Bonchev–Trinajstić information content (AvgIpc) is 2.97. The molecule has 0 atom stereocenters. The molecular formula is C15H19N5S. The summed E-state index contributed by atoms with van der Waals surface area (Å²) < 4.78 is 3.83. The van der Waals surface area contributed by atoms with Gasteiger partial charge >= 0.3 is 0 Å². The van der Waals surface area contributed by atoms with E-state index in [0.717, 1.165) is 35.4 Å². The highest BCUT2D eigenvalue weighted by atomic mass is 32.2. The first-order valence-electron chi connectivity index (χ1n) is 7.00. The van der Waals surface area contributed by atoms with Gasteiger partial charge in [0.1, 0.15) is 5.52 Å². The Morgan fingerprint density at radius 1 is 1.24 bits per heavy atom. The maximum atomic E-state index is 6.14. The number of anilines is 1. The van der Waals surface area contributed by atoms with Gasteiger partial charge in [-0.05, 0) is 36.9 Å². The molecule has 1 aromatic carbocycles. The first-order chi connectivity index (χ1) is 10.2. The van der Waals surface area contributed by atoms with Crippen molar-refractivity contribution in [1.82, 2.24) is 19.3 Å². The van der Waals surface area contributed by atoms with Gasteiger partial charge < -0.3 is 5.73 Å². The third-order valence-electron chi connectivity index (χ3n) is 3.55. The number of hydrogen-bond acceptors (Lipinski definition) is 4. The summed E-state index contributed by atoms with van der Waals surface area (Å²) >= 11 is 1.72. The fourth-order valence-electron chi connectivity index (χ4n) is 2.59. The van der Waals surface area contributed by atoms with E-state index in [9.17, 15) is 0 Å². The Morgan fingerprint density at radius 3 is 2.57 bits per heavy atom. The van der Waals surface area contributed by atoms with Crippen molar-refractivity contribution in [1.29, 1.82) is 0 Å². The molecular weight excluding hydrogens is 282 g/mol. The average molecular weight is 301 g/mol. The van der Waals surface area contributed by atoms with E-state index in [-0.39, 0.29) is 0 Å². The molecule has 21 heavy (non-hydrogen) atoms. The zero-order chi connectivity index (χ0) is 15.0. The van der Waals surface area contributed by atoms with Crippen molar-refractivity contribution in [3.8, 4) is 5.69 Å². The topological polar surface area (TPSA) is 61.7 Å². The van der Waals surface area contributed by atoms with E-state index in [1.807, 2.05) is 16.3 Å². The van der Waals surface area contributed by atoms with Gasteiger partial charge in [0, 0.05) is 11.9 Å². The van der Waals surface area contributed by atoms with Gasteiger partial charge in [-0.15, -0.1) is 11.8 Å². The maximum absolute atomic E-state index is 6.14. The molecule has 0 aliphatic carbocycles. The second-order valence-corrected chi connectivity index (χ2v) is 5.88. The predicted molar refractivity (Wildman–Crippen MR) is 88.0 cm³/mol. The standard InChI is InChI=1S/C15H19N5S/c1-4-5-12-13-14(19(2)18-12)20(15(16)17-13)10-6-8-11(21-3)9-7-10/h6-9H,4-5H2,1-3H3,(H2,16,17). The SMILES string of the molecule is CCCc1nn(C)c2c1nc(N)n2-c1ccc(SC)cc1. The van der Waals surface area contributed by atoms with Gasteiger partial charge in [-0.3, -0.25) is 4.57 Å². The fraction of sp³-hybridized carbons (Fsp3) is 0.333. The number of nitrogens with zero attached hydrogens (tertiary/aromatic N) is 4. The van der Waals surface area contributed by atoms with E-state index in [2.05, 4.69) is 47.5 Å². The molecule has 3 rings (SSSR count). The molecule has 2 heterocycles. The van der Waals surface area contributed by atoms with Crippen LogP contribution in [0.15, 0.2) is 29.2 Å². The predicted octanol–water partition coefficient (Wildman–Crippen LogP) is 3.02. The minimum Gasteiger partial charge on any atom is -0.369 e. The van der Waals surface area contributed by atoms with Crippen LogP contribution in [0.5, 0.6) is 0 Å². The molecule has 3 aromatic rings. The fourth-order valence-corrected chi connectivity index (χ4v) is 3.00. The number of imidazole rings is 1. The van der Waals surface area contributed by atoms with Crippen LogP contribution < -0.4 is 5.73 Å². The van der Waals surface area contributed by atoms with Crippen LogP contribution in [-0.4, -0.2) is 25.6 Å². The number of hydrogen-bond donors (Lipinski definition) is 1. The summed E-state index contributed by atoms with van der Waals surface area (Å²) in [7, 11) is 1.94. The van der Waals surface area contributed by atoms with Crippen molar-refractivity contribution in [2.75, 3.05) is 12.0 Å². The highest BCUT2D eigenvalue weighted by Gasteiger charge is 2.18. The van der Waals surface area contributed by atoms with E-state index >= 15 is 0 Å². The van der Waals surface area contributed by atoms with E-state index in [4.69, 9.17) is 5.73 Å². The monoisotopic (exact) mass is 301 g/mol. The Labute approximate surface area is 128 Å². The van der Waals surface area contributed by atoms with Crippen molar-refractivity contribution in [2.24, 2.45) is 7.05 Å². The smallest absolute Gasteiger partial charge is 0.207 e. The van der Waals surface area contributed by atoms with E-state index in [1.54, 1.807) is 11.8 Å². The minimum atomic E-state index is 0.507. The molecule has 0 fully saturated rings. The molecule has 0 saturated heterocycles. The number of aromatic nitrogens is 4. The van der Waals surface area contributed by atoms with Gasteiger partial charge in [0.2, 0.25) is 5.95 Å². The van der Waals surface area contributed by atoms with Gasteiger partial charge in [0.25, 0.3) is 0 Å². The molecule has 0 bridgehead atoms. The quantitative estimate of drug-likeness (QED) is 0.752. The summed E-state index contributed by atoms with van der Waals surface area (Å²) in [6, 6.07) is 8.31. The van der Waals surface area contributed by atoms with Crippen molar-refractivity contribution < 1.29 is 0 Å². The van der Waals surface area contributed by atoms with Crippen LogP contribution >= 0.6 is 11.8 Å². The lowest BCUT2D eigenvalue weighted by Crippen LogP contribution is -2.05. The highest BCUT2D eigenvalue weighted by Crippen LogP contribution is 2.26. The molecule has 0 amide bonds. The van der Waals surface area contributed by atoms with Crippen LogP contribution in [0.4, 0.5) is 5.95 Å². The first kappa shape index (κ1) is 14.0. The first-order valence-corrected chi connectivity index (χ1v) is 8.22. The Balaban J connectivity index is 2.19. The summed E-state index contributed by atoms with van der Waals surface area (Å²) in [4.78, 5) is 5.75. The number of fused-ring (bicyclic) bond motifs is 1. The van der Waals surface area contributed by atoms with Crippen molar-refractivity contribution in [3.63, 3.8) is 0 Å². The summed E-state index contributed by atoms with van der Waals surface area (Å²) in [6.45, 7) is 2.14. The normalized spacial score (nSPS) is 11.4. The second-order valence-electron chi connectivity index (χ2n) is 5.00. The van der Waals surface area contributed by atoms with Crippen molar-refractivity contribution in [2.45, 2.75) is 24.7 Å². The number of nitrogens with two attached hydrogens (primary N) is 1. The van der Waals surface area contributed by atoms with E-state index < -0.39 is 0 Å². The molecule has 2 N–H and O–H groups in total. The zero-order valence-electron chi connectivity index (χ0n) is 12.5. The van der Waals surface area contributed by atoms with Gasteiger partial charge in [-0.1, -0.05) is 13.3 Å². The van der Waals surface area contributed by atoms with Crippen molar-refractivity contribution >= 4 is 28.9 Å². The molecule has 2 aromatic heterocycles. The summed E-state index contributed by atoms with van der Waals surface area (Å²) in [6.07, 6.45) is 4.03. The molecule has 0 radical (unpaired) electrons. The second kappa shape index (κ2) is 5.44. The summed E-state index contributed by atoms with van der Waals surface area (Å²) in [5, 5.41) is 4.57. The lowest BCUT2D eigenvalue weighted by atomic mass is 10.2. The number of benzene rings is 1. The molecule has 110 valence electrons. The molecule has 0 aliphatic rings. The minimum absolute atomic E-state index is 0.507. The number of thioether (sulfide) groups is 1. The third-order valence-corrected chi connectivity index (χ3v) is 4.29. The van der Waals surface area contributed by atoms with Crippen LogP contribution in [0.3, 0.4) is 0 Å². The van der Waals surface area contributed by atoms with Gasteiger partial charge in [-0.25, -0.2) is 9.67 Å². The lowest BCUT2D eigenvalue weighted by Gasteiger charge is -2.07. The highest BCUT2D eigenvalue weighted by molar-refractivity contribution is 7.98. The van der Waals surface area contributed by atoms with Crippen molar-refractivity contribution in [3.05, 3.63) is 30.0 Å². The van der Waals surface area contributed by atoms with Crippen LogP contribution in [0.2, 0.25) is 0 Å².